The lowest BCUT2D eigenvalue weighted by Crippen LogP contribution is -2.30. The van der Waals surface area contributed by atoms with Crippen molar-refractivity contribution in [2.75, 3.05) is 6.61 Å². The van der Waals surface area contributed by atoms with Crippen LogP contribution in [0.2, 0.25) is 0 Å². The first-order valence-corrected chi connectivity index (χ1v) is 6.92. The fourth-order valence-electron chi connectivity index (χ4n) is 1.62. The number of ether oxygens (including phenoxy) is 2. The smallest absolute Gasteiger partial charge is 0.310 e. The number of benzene rings is 1. The van der Waals surface area contributed by atoms with Gasteiger partial charge in [0.25, 0.3) is 5.91 Å². The number of nitrogens with two attached hydrogens (primary N) is 1. The van der Waals surface area contributed by atoms with Crippen molar-refractivity contribution in [1.82, 2.24) is 0 Å². The fraction of sp³-hybridized carbons (Fsp3) is 0.500. The van der Waals surface area contributed by atoms with Crippen molar-refractivity contribution >= 4 is 11.9 Å². The lowest BCUT2D eigenvalue weighted by molar-refractivity contribution is -0.154. The highest BCUT2D eigenvalue weighted by atomic mass is 16.5. The maximum atomic E-state index is 11.4. The van der Waals surface area contributed by atoms with E-state index in [1.807, 2.05) is 24.3 Å². The summed E-state index contributed by atoms with van der Waals surface area (Å²) in [5.41, 5.74) is 6.31. The van der Waals surface area contributed by atoms with Crippen molar-refractivity contribution in [1.29, 1.82) is 0 Å². The molecular formula is C16H23NO4. The van der Waals surface area contributed by atoms with Gasteiger partial charge in [-0.15, -0.1) is 0 Å². The molecule has 0 aromatic heterocycles. The number of carbonyl (C=O) groups is 2. The first-order chi connectivity index (χ1) is 9.70. The molecule has 21 heavy (non-hydrogen) atoms. The van der Waals surface area contributed by atoms with Crippen molar-refractivity contribution in [2.24, 2.45) is 5.73 Å². The molecule has 0 aliphatic carbocycles. The number of primary amides is 1. The second-order valence-electron chi connectivity index (χ2n) is 5.91. The summed E-state index contributed by atoms with van der Waals surface area (Å²) in [6.45, 7) is 8.04. The van der Waals surface area contributed by atoms with Crippen LogP contribution in [-0.2, 0) is 19.7 Å². The third-order valence-electron chi connectivity index (χ3n) is 3.00. The van der Waals surface area contributed by atoms with Crippen LogP contribution >= 0.6 is 0 Å². The van der Waals surface area contributed by atoms with Crippen molar-refractivity contribution < 1.29 is 19.1 Å². The van der Waals surface area contributed by atoms with E-state index in [1.165, 1.54) is 12.5 Å². The van der Waals surface area contributed by atoms with Gasteiger partial charge < -0.3 is 15.2 Å². The van der Waals surface area contributed by atoms with Gasteiger partial charge in [0.05, 0.1) is 13.0 Å². The molecular weight excluding hydrogens is 270 g/mol. The Bertz CT molecular complexity index is 488. The van der Waals surface area contributed by atoms with Crippen LogP contribution in [0.15, 0.2) is 24.3 Å². The zero-order valence-electron chi connectivity index (χ0n) is 13.0. The van der Waals surface area contributed by atoms with E-state index in [0.717, 1.165) is 0 Å². The van der Waals surface area contributed by atoms with E-state index in [0.29, 0.717) is 5.75 Å². The first kappa shape index (κ1) is 17.0. The van der Waals surface area contributed by atoms with Gasteiger partial charge in [-0.25, -0.2) is 0 Å². The van der Waals surface area contributed by atoms with Gasteiger partial charge in [-0.3, -0.25) is 9.59 Å². The number of hydrogen-bond acceptors (Lipinski definition) is 4. The average Bonchev–Trinajstić information content (AvgIpc) is 2.38. The normalized spacial score (nSPS) is 12.6. The Kier molecular flexibility index (Phi) is 5.76. The van der Waals surface area contributed by atoms with Crippen LogP contribution in [-0.4, -0.2) is 24.6 Å². The Morgan fingerprint density at radius 2 is 1.76 bits per heavy atom. The molecule has 116 valence electrons. The zero-order valence-corrected chi connectivity index (χ0v) is 13.0. The number of rotatable bonds is 6. The summed E-state index contributed by atoms with van der Waals surface area (Å²) in [5.74, 6) is -0.478. The Balaban J connectivity index is 2.39. The van der Waals surface area contributed by atoms with Gasteiger partial charge >= 0.3 is 5.97 Å². The van der Waals surface area contributed by atoms with Crippen LogP contribution in [0.4, 0.5) is 0 Å². The molecule has 1 atom stereocenters. The summed E-state index contributed by atoms with van der Waals surface area (Å²) < 4.78 is 10.3. The van der Waals surface area contributed by atoms with Crippen LogP contribution < -0.4 is 10.5 Å². The Hall–Kier alpha value is -2.04. The minimum Gasteiger partial charge on any atom is -0.493 e. The van der Waals surface area contributed by atoms with Gasteiger partial charge in [0.15, 0.2) is 6.10 Å². The van der Waals surface area contributed by atoms with Gasteiger partial charge in [-0.1, -0.05) is 32.9 Å². The molecule has 0 saturated heterocycles. The Labute approximate surface area is 125 Å². The number of carbonyl (C=O) groups excluding carboxylic acids is 2. The van der Waals surface area contributed by atoms with Gasteiger partial charge in [0.1, 0.15) is 5.75 Å². The molecule has 0 aliphatic rings. The van der Waals surface area contributed by atoms with E-state index >= 15 is 0 Å². The van der Waals surface area contributed by atoms with E-state index in [9.17, 15) is 9.59 Å². The van der Waals surface area contributed by atoms with E-state index in [2.05, 4.69) is 20.8 Å². The van der Waals surface area contributed by atoms with Crippen molar-refractivity contribution in [3.05, 3.63) is 29.8 Å². The van der Waals surface area contributed by atoms with Crippen LogP contribution in [0, 0.1) is 0 Å². The van der Waals surface area contributed by atoms with Crippen LogP contribution in [0.25, 0.3) is 0 Å². The van der Waals surface area contributed by atoms with E-state index in [1.54, 1.807) is 0 Å². The van der Waals surface area contributed by atoms with Gasteiger partial charge in [0, 0.05) is 0 Å². The summed E-state index contributed by atoms with van der Waals surface area (Å²) in [6.07, 6.45) is -0.845. The average molecular weight is 293 g/mol. The summed E-state index contributed by atoms with van der Waals surface area (Å²) in [4.78, 5) is 22.2. The van der Waals surface area contributed by atoms with Crippen LogP contribution in [0.1, 0.15) is 39.7 Å². The second kappa shape index (κ2) is 7.11. The van der Waals surface area contributed by atoms with Crippen LogP contribution in [0.5, 0.6) is 5.75 Å². The number of amides is 1. The van der Waals surface area contributed by atoms with Crippen molar-refractivity contribution in [3.63, 3.8) is 0 Å². The van der Waals surface area contributed by atoms with E-state index in [-0.39, 0.29) is 18.4 Å². The lowest BCUT2D eigenvalue weighted by Gasteiger charge is -2.19. The SMILES string of the molecule is C[C@@H](OC(=O)CCOc1ccc(C(C)(C)C)cc1)C(N)=O. The minimum atomic E-state index is -0.913. The maximum Gasteiger partial charge on any atom is 0.310 e. The highest BCUT2D eigenvalue weighted by Crippen LogP contribution is 2.24. The highest BCUT2D eigenvalue weighted by molar-refractivity contribution is 5.81. The molecule has 0 spiro atoms. The molecule has 0 heterocycles. The molecule has 0 fully saturated rings. The summed E-state index contributed by atoms with van der Waals surface area (Å²) in [5, 5.41) is 0. The summed E-state index contributed by atoms with van der Waals surface area (Å²) in [6, 6.07) is 7.75. The van der Waals surface area contributed by atoms with Crippen molar-refractivity contribution in [2.45, 2.75) is 45.6 Å². The highest BCUT2D eigenvalue weighted by Gasteiger charge is 2.15. The molecule has 0 unspecified atom stereocenters. The maximum absolute atomic E-state index is 11.4. The number of hydrogen-bond donors (Lipinski definition) is 1. The van der Waals surface area contributed by atoms with Crippen molar-refractivity contribution in [3.8, 4) is 5.75 Å². The van der Waals surface area contributed by atoms with Gasteiger partial charge in [-0.2, -0.15) is 0 Å². The fourth-order valence-corrected chi connectivity index (χ4v) is 1.62. The summed E-state index contributed by atoms with van der Waals surface area (Å²) in [7, 11) is 0. The predicted molar refractivity (Wildman–Crippen MR) is 80.0 cm³/mol. The molecule has 0 bridgehead atoms. The van der Waals surface area contributed by atoms with E-state index in [4.69, 9.17) is 15.2 Å². The molecule has 0 saturated carbocycles. The topological polar surface area (TPSA) is 78.6 Å². The standard InChI is InChI=1S/C16H23NO4/c1-11(15(17)19)21-14(18)9-10-20-13-7-5-12(6-8-13)16(2,3)4/h5-8,11H,9-10H2,1-4H3,(H2,17,19)/t11-/m1/s1. The van der Waals surface area contributed by atoms with Gasteiger partial charge in [-0.05, 0) is 30.0 Å². The molecule has 1 aromatic rings. The van der Waals surface area contributed by atoms with Gasteiger partial charge in [0.2, 0.25) is 0 Å². The molecule has 1 rings (SSSR count). The minimum absolute atomic E-state index is 0.0681. The monoisotopic (exact) mass is 293 g/mol. The van der Waals surface area contributed by atoms with Crippen LogP contribution in [0.3, 0.4) is 0 Å². The third-order valence-corrected chi connectivity index (χ3v) is 3.00. The second-order valence-corrected chi connectivity index (χ2v) is 5.91. The molecule has 0 radical (unpaired) electrons. The Morgan fingerprint density at radius 3 is 2.24 bits per heavy atom. The molecule has 1 amide bonds. The third kappa shape index (κ3) is 5.85. The molecule has 2 N–H and O–H groups in total. The molecule has 0 aliphatic heterocycles. The first-order valence-electron chi connectivity index (χ1n) is 6.92. The molecule has 1 aromatic carbocycles. The molecule has 5 heteroatoms. The van der Waals surface area contributed by atoms with E-state index < -0.39 is 18.0 Å². The largest absolute Gasteiger partial charge is 0.493 e. The zero-order chi connectivity index (χ0) is 16.0. The summed E-state index contributed by atoms with van der Waals surface area (Å²) >= 11 is 0. The predicted octanol–water partition coefficient (Wildman–Crippen LogP) is 2.17. The number of esters is 1. The lowest BCUT2D eigenvalue weighted by atomic mass is 9.87. The molecule has 5 nitrogen and oxygen atoms in total. The quantitative estimate of drug-likeness (QED) is 0.815. The Morgan fingerprint density at radius 1 is 1.19 bits per heavy atom.